The summed E-state index contributed by atoms with van der Waals surface area (Å²) in [5, 5.41) is 4.27. The number of aryl methyl sites for hydroxylation is 1. The van der Waals surface area contributed by atoms with E-state index >= 15 is 0 Å². The number of rotatable bonds is 4. The fraction of sp³-hybridized carbons (Fsp3) is 0.727. The minimum atomic E-state index is -1.07. The number of ether oxygens (including phenoxy) is 2. The molecule has 1 amide bonds. The molecule has 0 aliphatic carbocycles. The van der Waals surface area contributed by atoms with Crippen LogP contribution in [0.15, 0.2) is 24.4 Å². The van der Waals surface area contributed by atoms with E-state index in [1.54, 1.807) is 18.0 Å². The lowest BCUT2D eigenvalue weighted by molar-refractivity contribution is -0.180. The minimum Gasteiger partial charge on any atom is -0.444 e. The topological polar surface area (TPSA) is 59.8 Å². The third-order valence-corrected chi connectivity index (χ3v) is 5.80. The van der Waals surface area contributed by atoms with Gasteiger partial charge >= 0.3 is 6.09 Å². The third kappa shape index (κ3) is 5.40. The quantitative estimate of drug-likeness (QED) is 0.696. The number of likely N-dealkylation sites (tertiary alicyclic amines) is 1. The molecule has 0 N–H and O–H groups in total. The second kappa shape index (κ2) is 8.67. The molecule has 0 saturated carbocycles. The van der Waals surface area contributed by atoms with Crippen LogP contribution in [0.3, 0.4) is 0 Å². The summed E-state index contributed by atoms with van der Waals surface area (Å²) < 4.78 is 28.4. The average molecular weight is 423 g/mol. The SMILES string of the molecule is C=C(C)C(F)CN1CC(c2ccnn2C)OC2(CCN(C(=O)OC(C)(C)C)CC2)C1. The van der Waals surface area contributed by atoms with Gasteiger partial charge in [0, 0.05) is 46.0 Å². The average Bonchev–Trinajstić information content (AvgIpc) is 3.06. The molecular formula is C22H35FN4O3. The fourth-order valence-electron chi connectivity index (χ4n) is 4.16. The number of hydrogen-bond donors (Lipinski definition) is 0. The van der Waals surface area contributed by atoms with Crippen LogP contribution in [0, 0.1) is 0 Å². The van der Waals surface area contributed by atoms with Crippen molar-refractivity contribution in [1.82, 2.24) is 19.6 Å². The molecule has 0 radical (unpaired) electrons. The fourth-order valence-corrected chi connectivity index (χ4v) is 4.16. The highest BCUT2D eigenvalue weighted by Crippen LogP contribution is 2.38. The number of amides is 1. The zero-order valence-electron chi connectivity index (χ0n) is 18.9. The van der Waals surface area contributed by atoms with Crippen molar-refractivity contribution >= 4 is 6.09 Å². The molecule has 7 nitrogen and oxygen atoms in total. The molecule has 2 aliphatic rings. The first-order chi connectivity index (χ1) is 14.0. The van der Waals surface area contributed by atoms with E-state index in [-0.39, 0.29) is 12.2 Å². The van der Waals surface area contributed by atoms with Crippen molar-refractivity contribution in [3.63, 3.8) is 0 Å². The van der Waals surface area contributed by atoms with Gasteiger partial charge in [-0.1, -0.05) is 6.58 Å². The van der Waals surface area contributed by atoms with Crippen molar-refractivity contribution in [3.05, 3.63) is 30.1 Å². The molecule has 8 heteroatoms. The highest BCUT2D eigenvalue weighted by Gasteiger charge is 2.45. The number of carbonyl (C=O) groups excluding carboxylic acids is 1. The van der Waals surface area contributed by atoms with Gasteiger partial charge < -0.3 is 14.4 Å². The molecular weight excluding hydrogens is 387 g/mol. The minimum absolute atomic E-state index is 0.198. The summed E-state index contributed by atoms with van der Waals surface area (Å²) >= 11 is 0. The van der Waals surface area contributed by atoms with Crippen LogP contribution in [0.2, 0.25) is 0 Å². The summed E-state index contributed by atoms with van der Waals surface area (Å²) in [4.78, 5) is 16.3. The number of alkyl halides is 1. The van der Waals surface area contributed by atoms with Crippen molar-refractivity contribution in [2.45, 2.75) is 64.0 Å². The van der Waals surface area contributed by atoms with Gasteiger partial charge in [0.15, 0.2) is 0 Å². The van der Waals surface area contributed by atoms with Gasteiger partial charge in [-0.25, -0.2) is 9.18 Å². The van der Waals surface area contributed by atoms with Gasteiger partial charge in [0.25, 0.3) is 0 Å². The van der Waals surface area contributed by atoms with E-state index in [2.05, 4.69) is 16.6 Å². The van der Waals surface area contributed by atoms with Gasteiger partial charge in [-0.2, -0.15) is 5.10 Å². The predicted molar refractivity (Wildman–Crippen MR) is 113 cm³/mol. The van der Waals surface area contributed by atoms with Gasteiger partial charge in [0.05, 0.1) is 11.3 Å². The molecule has 1 aromatic rings. The number of carbonyl (C=O) groups is 1. The van der Waals surface area contributed by atoms with Gasteiger partial charge in [-0.15, -0.1) is 0 Å². The first-order valence-corrected chi connectivity index (χ1v) is 10.6. The van der Waals surface area contributed by atoms with E-state index < -0.39 is 17.4 Å². The Morgan fingerprint density at radius 2 is 2.10 bits per heavy atom. The summed E-state index contributed by atoms with van der Waals surface area (Å²) in [6, 6.07) is 1.95. The normalized spacial score (nSPS) is 23.4. The highest BCUT2D eigenvalue weighted by atomic mass is 19.1. The zero-order chi connectivity index (χ0) is 22.1. The van der Waals surface area contributed by atoms with Gasteiger partial charge in [-0.3, -0.25) is 9.58 Å². The molecule has 30 heavy (non-hydrogen) atoms. The monoisotopic (exact) mass is 422 g/mol. The second-order valence-corrected chi connectivity index (χ2v) is 9.64. The maximum absolute atomic E-state index is 14.5. The van der Waals surface area contributed by atoms with E-state index in [4.69, 9.17) is 9.47 Å². The molecule has 2 fully saturated rings. The van der Waals surface area contributed by atoms with E-state index in [0.29, 0.717) is 51.1 Å². The highest BCUT2D eigenvalue weighted by molar-refractivity contribution is 5.68. The molecule has 2 unspecified atom stereocenters. The van der Waals surface area contributed by atoms with Crippen LogP contribution >= 0.6 is 0 Å². The van der Waals surface area contributed by atoms with Crippen LogP contribution in [0.5, 0.6) is 0 Å². The molecule has 3 heterocycles. The Kier molecular flexibility index (Phi) is 6.57. The second-order valence-electron chi connectivity index (χ2n) is 9.64. The van der Waals surface area contributed by atoms with Crippen LogP contribution in [0.1, 0.15) is 52.3 Å². The molecule has 2 atom stereocenters. The lowest BCUT2D eigenvalue weighted by Gasteiger charge is -2.50. The molecule has 1 aromatic heterocycles. The Bertz CT molecular complexity index is 765. The summed E-state index contributed by atoms with van der Waals surface area (Å²) in [5.41, 5.74) is 0.556. The molecule has 1 spiro atoms. The van der Waals surface area contributed by atoms with Crippen LogP contribution in [-0.2, 0) is 16.5 Å². The number of nitrogens with zero attached hydrogens (tertiary/aromatic N) is 4. The van der Waals surface area contributed by atoms with Crippen molar-refractivity contribution in [3.8, 4) is 0 Å². The molecule has 0 bridgehead atoms. The smallest absolute Gasteiger partial charge is 0.410 e. The third-order valence-electron chi connectivity index (χ3n) is 5.80. The van der Waals surface area contributed by atoms with Crippen molar-refractivity contribution < 1.29 is 18.7 Å². The van der Waals surface area contributed by atoms with E-state index in [1.807, 2.05) is 38.6 Å². The lowest BCUT2D eigenvalue weighted by atomic mass is 9.88. The van der Waals surface area contributed by atoms with E-state index in [9.17, 15) is 9.18 Å². The summed E-state index contributed by atoms with van der Waals surface area (Å²) in [6.07, 6.45) is 1.55. The maximum Gasteiger partial charge on any atom is 0.410 e. The van der Waals surface area contributed by atoms with E-state index in [1.165, 1.54) is 0 Å². The predicted octanol–water partition coefficient (Wildman–Crippen LogP) is 3.48. The van der Waals surface area contributed by atoms with Crippen molar-refractivity contribution in [1.29, 1.82) is 0 Å². The summed E-state index contributed by atoms with van der Waals surface area (Å²) in [7, 11) is 1.89. The molecule has 2 aliphatic heterocycles. The first-order valence-electron chi connectivity index (χ1n) is 10.6. The summed E-state index contributed by atoms with van der Waals surface area (Å²) in [5.74, 6) is 0. The molecule has 3 rings (SSSR count). The van der Waals surface area contributed by atoms with E-state index in [0.717, 1.165) is 5.69 Å². The zero-order valence-corrected chi connectivity index (χ0v) is 18.9. The Labute approximate surface area is 178 Å². The standard InChI is InChI=1S/C22H35FN4O3/c1-16(2)17(23)13-26-14-19(18-7-10-24-25(18)6)29-22(15-26)8-11-27(12-9-22)20(28)30-21(3,4)5/h7,10,17,19H,1,8-9,11-15H2,2-6H3. The number of halogens is 1. The summed E-state index contributed by atoms with van der Waals surface area (Å²) in [6.45, 7) is 13.7. The number of aromatic nitrogens is 2. The van der Waals surface area contributed by atoms with Crippen LogP contribution < -0.4 is 0 Å². The Morgan fingerprint density at radius 3 is 2.63 bits per heavy atom. The molecule has 0 aromatic carbocycles. The van der Waals surface area contributed by atoms with Crippen LogP contribution in [0.25, 0.3) is 0 Å². The number of hydrogen-bond acceptors (Lipinski definition) is 5. The van der Waals surface area contributed by atoms with Gasteiger partial charge in [0.2, 0.25) is 0 Å². The number of piperidine rings is 1. The molecule has 2 saturated heterocycles. The van der Waals surface area contributed by atoms with Crippen LogP contribution in [0.4, 0.5) is 9.18 Å². The van der Waals surface area contributed by atoms with Gasteiger partial charge in [0.1, 0.15) is 17.9 Å². The Hall–Kier alpha value is -1.93. The first kappa shape index (κ1) is 22.7. The maximum atomic E-state index is 14.5. The van der Waals surface area contributed by atoms with Crippen molar-refractivity contribution in [2.24, 2.45) is 7.05 Å². The number of morpholine rings is 1. The Balaban J connectivity index is 1.73. The lowest BCUT2D eigenvalue weighted by Crippen LogP contribution is -2.59. The molecule has 168 valence electrons. The largest absolute Gasteiger partial charge is 0.444 e. The van der Waals surface area contributed by atoms with Crippen LogP contribution in [-0.4, -0.2) is 75.8 Å². The van der Waals surface area contributed by atoms with Crippen molar-refractivity contribution in [2.75, 3.05) is 32.7 Å². The Morgan fingerprint density at radius 1 is 1.43 bits per heavy atom. The van der Waals surface area contributed by atoms with Gasteiger partial charge in [-0.05, 0) is 52.2 Å².